The second-order valence-corrected chi connectivity index (χ2v) is 5.95. The van der Waals surface area contributed by atoms with E-state index in [0.29, 0.717) is 24.5 Å². The molecule has 1 aromatic heterocycles. The van der Waals surface area contributed by atoms with Crippen molar-refractivity contribution in [3.8, 4) is 11.5 Å². The van der Waals surface area contributed by atoms with Gasteiger partial charge in [0.25, 0.3) is 10.7 Å². The minimum absolute atomic E-state index is 0.0691. The summed E-state index contributed by atoms with van der Waals surface area (Å²) in [6.45, 7) is 3.06. The number of nitrogens with zero attached hydrogens (tertiary/aromatic N) is 2. The fraction of sp³-hybridized carbons (Fsp3) is 0.400. The van der Waals surface area contributed by atoms with E-state index in [2.05, 4.69) is 10.2 Å². The number of benzene rings is 1. The minimum atomic E-state index is -0.453. The average Bonchev–Trinajstić information content (AvgIpc) is 2.96. The number of aromatic nitrogens is 2. The summed E-state index contributed by atoms with van der Waals surface area (Å²) < 4.78 is 5.23. The molecule has 1 aromatic carbocycles. The van der Waals surface area contributed by atoms with E-state index in [9.17, 15) is 9.90 Å². The Hall–Kier alpha value is -1.99. The summed E-state index contributed by atoms with van der Waals surface area (Å²) in [5, 5.41) is 16.4. The number of rotatable bonds is 2. The van der Waals surface area contributed by atoms with Gasteiger partial charge < -0.3 is 14.4 Å². The molecule has 1 saturated heterocycles. The third-order valence-electron chi connectivity index (χ3n) is 4.02. The molecule has 0 spiro atoms. The first-order chi connectivity index (χ1) is 10.5. The minimum Gasteiger partial charge on any atom is -0.409 e. The first kappa shape index (κ1) is 14.9. The molecule has 2 N–H and O–H groups in total. The lowest BCUT2D eigenvalue weighted by molar-refractivity contribution is 0.0248. The van der Waals surface area contributed by atoms with Gasteiger partial charge in [0, 0.05) is 24.2 Å². The highest BCUT2D eigenvalue weighted by Gasteiger charge is 2.27. The Kier molecular flexibility index (Phi) is 4.08. The molecule has 1 aliphatic heterocycles. The number of likely N-dealkylation sites (tertiary alicyclic amines) is 1. The van der Waals surface area contributed by atoms with Gasteiger partial charge in [0.1, 0.15) is 0 Å². The third kappa shape index (κ3) is 2.95. The number of amides is 1. The van der Waals surface area contributed by atoms with Gasteiger partial charge >= 0.3 is 0 Å². The normalized spacial score (nSPS) is 21.8. The van der Waals surface area contributed by atoms with E-state index in [0.717, 1.165) is 12.0 Å². The molecule has 2 atom stereocenters. The van der Waals surface area contributed by atoms with E-state index in [1.807, 2.05) is 6.92 Å². The maximum Gasteiger partial charge on any atom is 0.284 e. The van der Waals surface area contributed by atoms with Crippen molar-refractivity contribution in [3.05, 3.63) is 34.7 Å². The fourth-order valence-electron chi connectivity index (χ4n) is 2.52. The number of piperidine rings is 1. The first-order valence-electron chi connectivity index (χ1n) is 7.18. The molecule has 2 aromatic rings. The van der Waals surface area contributed by atoms with Crippen molar-refractivity contribution >= 4 is 18.1 Å². The Morgan fingerprint density at radius 2 is 2.18 bits per heavy atom. The fourth-order valence-corrected chi connectivity index (χ4v) is 2.65. The van der Waals surface area contributed by atoms with Crippen LogP contribution in [0.25, 0.3) is 11.5 Å². The van der Waals surface area contributed by atoms with Crippen LogP contribution in [0, 0.1) is 10.8 Å². The maximum atomic E-state index is 12.5. The van der Waals surface area contributed by atoms with Crippen LogP contribution in [0.2, 0.25) is 0 Å². The van der Waals surface area contributed by atoms with Gasteiger partial charge in [-0.3, -0.25) is 4.79 Å². The summed E-state index contributed by atoms with van der Waals surface area (Å²) in [6, 6.07) is 7.00. The van der Waals surface area contributed by atoms with Crippen LogP contribution >= 0.6 is 12.2 Å². The van der Waals surface area contributed by atoms with Crippen LogP contribution in [0.15, 0.2) is 28.7 Å². The summed E-state index contributed by atoms with van der Waals surface area (Å²) in [5.41, 5.74) is 1.33. The van der Waals surface area contributed by atoms with Crippen molar-refractivity contribution in [2.24, 2.45) is 5.92 Å². The molecular formula is C15H17N3O3S. The highest BCUT2D eigenvalue weighted by Crippen LogP contribution is 2.21. The lowest BCUT2D eigenvalue weighted by atomic mass is 9.95. The van der Waals surface area contributed by atoms with Gasteiger partial charge in [-0.25, -0.2) is 5.10 Å². The van der Waals surface area contributed by atoms with Crippen molar-refractivity contribution in [2.45, 2.75) is 19.4 Å². The van der Waals surface area contributed by atoms with E-state index in [1.54, 1.807) is 29.2 Å². The summed E-state index contributed by atoms with van der Waals surface area (Å²) in [6.07, 6.45) is 0.365. The summed E-state index contributed by atoms with van der Waals surface area (Å²) in [5.74, 6) is 0.562. The molecule has 0 aliphatic carbocycles. The van der Waals surface area contributed by atoms with Crippen molar-refractivity contribution < 1.29 is 14.3 Å². The second kappa shape index (κ2) is 6.02. The van der Waals surface area contributed by atoms with Gasteiger partial charge in [-0.2, -0.15) is 0 Å². The summed E-state index contributed by atoms with van der Waals surface area (Å²) in [4.78, 5) is 14.4. The molecule has 116 valence electrons. The quantitative estimate of drug-likeness (QED) is 0.830. The van der Waals surface area contributed by atoms with Crippen LogP contribution in [0.4, 0.5) is 0 Å². The number of aliphatic hydroxyl groups is 1. The van der Waals surface area contributed by atoms with Gasteiger partial charge in [0.05, 0.1) is 6.10 Å². The SMILES string of the molecule is CC1CCN(C(=O)c2ccc(-c3n[nH]c(=S)o3)cc2)CC1O. The van der Waals surface area contributed by atoms with E-state index < -0.39 is 6.10 Å². The second-order valence-electron chi connectivity index (χ2n) is 5.58. The van der Waals surface area contributed by atoms with Crippen LogP contribution in [-0.4, -0.2) is 45.3 Å². The van der Waals surface area contributed by atoms with Crippen LogP contribution in [0.1, 0.15) is 23.7 Å². The standard InChI is InChI=1S/C15H17N3O3S/c1-9-6-7-18(8-12(9)19)14(20)11-4-2-10(3-5-11)13-16-17-15(22)21-13/h2-5,9,12,19H,6-8H2,1H3,(H,17,22). The number of aliphatic hydroxyl groups excluding tert-OH is 1. The molecular weight excluding hydrogens is 302 g/mol. The van der Waals surface area contributed by atoms with E-state index in [-0.39, 0.29) is 16.7 Å². The molecule has 2 heterocycles. The molecule has 1 amide bonds. The van der Waals surface area contributed by atoms with Crippen molar-refractivity contribution in [1.29, 1.82) is 0 Å². The molecule has 2 unspecified atom stereocenters. The Labute approximate surface area is 132 Å². The molecule has 1 aliphatic rings. The molecule has 0 bridgehead atoms. The zero-order valence-corrected chi connectivity index (χ0v) is 13.0. The number of hydrogen-bond acceptors (Lipinski definition) is 5. The molecule has 6 nitrogen and oxygen atoms in total. The Balaban J connectivity index is 1.75. The zero-order valence-electron chi connectivity index (χ0n) is 12.2. The molecule has 7 heteroatoms. The number of nitrogens with one attached hydrogen (secondary N) is 1. The number of carbonyl (C=O) groups excluding carboxylic acids is 1. The van der Waals surface area contributed by atoms with Gasteiger partial charge in [0.15, 0.2) is 0 Å². The van der Waals surface area contributed by atoms with Crippen LogP contribution in [0.3, 0.4) is 0 Å². The number of aromatic amines is 1. The Morgan fingerprint density at radius 3 is 2.77 bits per heavy atom. The van der Waals surface area contributed by atoms with Crippen molar-refractivity contribution in [1.82, 2.24) is 15.1 Å². The largest absolute Gasteiger partial charge is 0.409 e. The predicted octanol–water partition coefficient (Wildman–Crippen LogP) is 2.24. The van der Waals surface area contributed by atoms with Gasteiger partial charge in [-0.15, -0.1) is 5.10 Å². The van der Waals surface area contributed by atoms with E-state index in [1.165, 1.54) is 0 Å². The third-order valence-corrected chi connectivity index (χ3v) is 4.20. The molecule has 1 fully saturated rings. The molecule has 0 saturated carbocycles. The van der Waals surface area contributed by atoms with Gasteiger partial charge in [0.2, 0.25) is 5.89 Å². The van der Waals surface area contributed by atoms with Gasteiger partial charge in [-0.05, 0) is 48.8 Å². The highest BCUT2D eigenvalue weighted by atomic mass is 32.1. The predicted molar refractivity (Wildman–Crippen MR) is 82.8 cm³/mol. The van der Waals surface area contributed by atoms with Crippen LogP contribution < -0.4 is 0 Å². The number of H-pyrrole nitrogens is 1. The van der Waals surface area contributed by atoms with Crippen molar-refractivity contribution in [3.63, 3.8) is 0 Å². The summed E-state index contributed by atoms with van der Waals surface area (Å²) >= 11 is 4.84. The topological polar surface area (TPSA) is 82.4 Å². The highest BCUT2D eigenvalue weighted by molar-refractivity contribution is 7.71. The Bertz CT molecular complexity index is 722. The molecule has 0 radical (unpaired) electrons. The number of β-amino-alcohol motifs (C(OH)–C–C–N with tert-alkyl or cyclic N) is 1. The monoisotopic (exact) mass is 319 g/mol. The maximum absolute atomic E-state index is 12.5. The van der Waals surface area contributed by atoms with Crippen LogP contribution in [-0.2, 0) is 0 Å². The van der Waals surface area contributed by atoms with Crippen molar-refractivity contribution in [2.75, 3.05) is 13.1 Å². The number of carbonyl (C=O) groups is 1. The smallest absolute Gasteiger partial charge is 0.284 e. The lowest BCUT2D eigenvalue weighted by Gasteiger charge is -2.34. The van der Waals surface area contributed by atoms with Gasteiger partial charge in [-0.1, -0.05) is 6.92 Å². The Morgan fingerprint density at radius 1 is 1.45 bits per heavy atom. The average molecular weight is 319 g/mol. The van der Waals surface area contributed by atoms with E-state index >= 15 is 0 Å². The summed E-state index contributed by atoms with van der Waals surface area (Å²) in [7, 11) is 0. The zero-order chi connectivity index (χ0) is 15.7. The van der Waals surface area contributed by atoms with Crippen LogP contribution in [0.5, 0.6) is 0 Å². The first-order valence-corrected chi connectivity index (χ1v) is 7.58. The molecule has 3 rings (SSSR count). The van der Waals surface area contributed by atoms with E-state index in [4.69, 9.17) is 16.6 Å². The lowest BCUT2D eigenvalue weighted by Crippen LogP contribution is -2.45. The molecule has 22 heavy (non-hydrogen) atoms. The number of hydrogen-bond donors (Lipinski definition) is 2.